The highest BCUT2D eigenvalue weighted by Crippen LogP contribution is 2.32. The molecule has 0 saturated heterocycles. The van der Waals surface area contributed by atoms with Crippen LogP contribution in [-0.4, -0.2) is 10.9 Å². The zero-order valence-corrected chi connectivity index (χ0v) is 14.7. The normalized spacial score (nSPS) is 11.1. The van der Waals surface area contributed by atoms with Crippen molar-refractivity contribution in [1.29, 1.82) is 0 Å². The molecular weight excluding hydrogens is 318 g/mol. The van der Waals surface area contributed by atoms with Crippen LogP contribution in [0.25, 0.3) is 10.2 Å². The number of nitrogens with one attached hydrogen (secondary N) is 1. The van der Waals surface area contributed by atoms with Crippen LogP contribution in [0.15, 0.2) is 42.5 Å². The fourth-order valence-electron chi connectivity index (χ4n) is 2.59. The lowest BCUT2D eigenvalue weighted by Gasteiger charge is -2.04. The number of nitrogens with two attached hydrogens (primary N) is 1. The number of amides is 1. The Kier molecular flexibility index (Phi) is 4.81. The third kappa shape index (κ3) is 3.57. The first-order chi connectivity index (χ1) is 11.5. The molecule has 0 aliphatic rings. The number of nitrogen functional groups attached to an aromatic ring is 1. The van der Waals surface area contributed by atoms with Crippen LogP contribution >= 0.6 is 11.3 Å². The van der Waals surface area contributed by atoms with Crippen molar-refractivity contribution in [1.82, 2.24) is 10.3 Å². The average molecular weight is 339 g/mol. The van der Waals surface area contributed by atoms with Crippen LogP contribution in [0.2, 0.25) is 0 Å². The Labute approximate surface area is 145 Å². The Morgan fingerprint density at radius 1 is 1.21 bits per heavy atom. The average Bonchev–Trinajstić information content (AvgIpc) is 2.89. The maximum atomic E-state index is 12.5. The number of carbonyl (C=O) groups is 1. The highest BCUT2D eigenvalue weighted by atomic mass is 32.1. The van der Waals surface area contributed by atoms with E-state index in [0.29, 0.717) is 23.0 Å². The lowest BCUT2D eigenvalue weighted by Crippen LogP contribution is -2.22. The van der Waals surface area contributed by atoms with E-state index >= 15 is 0 Å². The molecule has 124 valence electrons. The van der Waals surface area contributed by atoms with E-state index in [1.165, 1.54) is 11.3 Å². The van der Waals surface area contributed by atoms with Gasteiger partial charge in [-0.05, 0) is 30.0 Å². The van der Waals surface area contributed by atoms with Gasteiger partial charge >= 0.3 is 0 Å². The number of carbonyl (C=O) groups excluding carboxylic acids is 1. The number of aromatic nitrogens is 1. The Morgan fingerprint density at radius 3 is 2.67 bits per heavy atom. The summed E-state index contributed by atoms with van der Waals surface area (Å²) in [6.45, 7) is 4.81. The second kappa shape index (κ2) is 7.01. The van der Waals surface area contributed by atoms with Crippen molar-refractivity contribution in [3.05, 3.63) is 58.6 Å². The van der Waals surface area contributed by atoms with Gasteiger partial charge in [0.1, 0.15) is 9.71 Å². The van der Waals surface area contributed by atoms with Gasteiger partial charge in [-0.2, -0.15) is 0 Å². The smallest absolute Gasteiger partial charge is 0.263 e. The first kappa shape index (κ1) is 16.5. The van der Waals surface area contributed by atoms with Crippen LogP contribution in [0.1, 0.15) is 34.8 Å². The van der Waals surface area contributed by atoms with Crippen molar-refractivity contribution in [2.45, 2.75) is 26.8 Å². The summed E-state index contributed by atoms with van der Waals surface area (Å²) in [6.07, 6.45) is 0.920. The molecule has 3 rings (SSSR count). The van der Waals surface area contributed by atoms with Crippen LogP contribution in [0, 0.1) is 5.92 Å². The van der Waals surface area contributed by atoms with Crippen LogP contribution in [0.4, 0.5) is 5.69 Å². The van der Waals surface area contributed by atoms with Crippen LogP contribution in [-0.2, 0) is 13.0 Å². The third-order valence-electron chi connectivity index (χ3n) is 3.77. The van der Waals surface area contributed by atoms with Gasteiger partial charge < -0.3 is 11.1 Å². The minimum absolute atomic E-state index is 0.148. The Bertz CT molecular complexity index is 856. The monoisotopic (exact) mass is 339 g/mol. The molecule has 0 bridgehead atoms. The fraction of sp³-hybridized carbons (Fsp3) is 0.263. The number of nitrogens with zero attached hydrogens (tertiary/aromatic N) is 1. The maximum Gasteiger partial charge on any atom is 0.263 e. The molecule has 1 aromatic carbocycles. The van der Waals surface area contributed by atoms with Crippen molar-refractivity contribution in [2.75, 3.05) is 5.73 Å². The van der Waals surface area contributed by atoms with Gasteiger partial charge in [-0.1, -0.05) is 44.2 Å². The number of rotatable bonds is 5. The molecule has 5 heteroatoms. The molecule has 1 amide bonds. The van der Waals surface area contributed by atoms with Crippen LogP contribution < -0.4 is 11.1 Å². The number of anilines is 1. The molecule has 2 heterocycles. The van der Waals surface area contributed by atoms with E-state index in [4.69, 9.17) is 5.73 Å². The summed E-state index contributed by atoms with van der Waals surface area (Å²) in [5.41, 5.74) is 8.78. The van der Waals surface area contributed by atoms with Gasteiger partial charge in [0.2, 0.25) is 0 Å². The summed E-state index contributed by atoms with van der Waals surface area (Å²) in [6, 6.07) is 13.8. The van der Waals surface area contributed by atoms with Crippen LogP contribution in [0.3, 0.4) is 0 Å². The summed E-state index contributed by atoms with van der Waals surface area (Å²) in [5.74, 6) is 0.394. The Hall–Kier alpha value is -2.40. The zero-order valence-electron chi connectivity index (χ0n) is 13.9. The van der Waals surface area contributed by atoms with E-state index in [9.17, 15) is 4.79 Å². The second-order valence-corrected chi connectivity index (χ2v) is 7.27. The van der Waals surface area contributed by atoms with Crippen molar-refractivity contribution in [2.24, 2.45) is 5.92 Å². The SMILES string of the molecule is CC(C)Cc1ccc2c(N)c(C(=O)NCc3ccccc3)sc2n1. The molecule has 0 spiro atoms. The van der Waals surface area contributed by atoms with Gasteiger partial charge in [-0.3, -0.25) is 4.79 Å². The number of hydrogen-bond acceptors (Lipinski definition) is 4. The van der Waals surface area contributed by atoms with E-state index in [1.807, 2.05) is 42.5 Å². The van der Waals surface area contributed by atoms with Crippen molar-refractivity contribution in [3.8, 4) is 0 Å². The Balaban J connectivity index is 1.80. The molecule has 0 fully saturated rings. The number of hydrogen-bond donors (Lipinski definition) is 2. The summed E-state index contributed by atoms with van der Waals surface area (Å²) in [5, 5.41) is 3.79. The molecule has 0 radical (unpaired) electrons. The van der Waals surface area contributed by atoms with Gasteiger partial charge in [0.25, 0.3) is 5.91 Å². The van der Waals surface area contributed by atoms with Gasteiger partial charge in [0, 0.05) is 17.6 Å². The molecule has 0 saturated carbocycles. The molecule has 24 heavy (non-hydrogen) atoms. The molecule has 0 atom stereocenters. The first-order valence-electron chi connectivity index (χ1n) is 8.04. The predicted molar refractivity (Wildman–Crippen MR) is 100 cm³/mol. The lowest BCUT2D eigenvalue weighted by molar-refractivity contribution is 0.0956. The molecule has 3 N–H and O–H groups in total. The molecule has 0 aliphatic heterocycles. The van der Waals surface area contributed by atoms with E-state index < -0.39 is 0 Å². The number of benzene rings is 1. The van der Waals surface area contributed by atoms with Crippen molar-refractivity contribution in [3.63, 3.8) is 0 Å². The minimum atomic E-state index is -0.148. The first-order valence-corrected chi connectivity index (χ1v) is 8.86. The summed E-state index contributed by atoms with van der Waals surface area (Å²) in [7, 11) is 0. The van der Waals surface area contributed by atoms with E-state index in [1.54, 1.807) is 0 Å². The molecule has 2 aromatic heterocycles. The number of fused-ring (bicyclic) bond motifs is 1. The minimum Gasteiger partial charge on any atom is -0.397 e. The van der Waals surface area contributed by atoms with Crippen LogP contribution in [0.5, 0.6) is 0 Å². The van der Waals surface area contributed by atoms with Gasteiger partial charge in [0.05, 0.1) is 5.69 Å². The summed E-state index contributed by atoms with van der Waals surface area (Å²) in [4.78, 5) is 18.5. The molecule has 0 aliphatic carbocycles. The fourth-order valence-corrected chi connectivity index (χ4v) is 3.62. The number of thiophene rings is 1. The lowest BCUT2D eigenvalue weighted by atomic mass is 10.1. The highest BCUT2D eigenvalue weighted by Gasteiger charge is 2.17. The standard InChI is InChI=1S/C19H21N3OS/c1-12(2)10-14-8-9-15-16(20)17(24-19(15)22-14)18(23)21-11-13-6-4-3-5-7-13/h3-9,12H,10-11,20H2,1-2H3,(H,21,23). The Morgan fingerprint density at radius 2 is 1.96 bits per heavy atom. The maximum absolute atomic E-state index is 12.5. The van der Waals surface area contributed by atoms with E-state index in [2.05, 4.69) is 24.1 Å². The van der Waals surface area contributed by atoms with Gasteiger partial charge in [-0.15, -0.1) is 11.3 Å². The topological polar surface area (TPSA) is 68.0 Å². The van der Waals surface area contributed by atoms with E-state index in [0.717, 1.165) is 27.9 Å². The molecular formula is C19H21N3OS. The largest absolute Gasteiger partial charge is 0.397 e. The van der Waals surface area contributed by atoms with Crippen molar-refractivity contribution >= 4 is 33.1 Å². The second-order valence-electron chi connectivity index (χ2n) is 6.27. The highest BCUT2D eigenvalue weighted by molar-refractivity contribution is 7.21. The summed E-state index contributed by atoms with van der Waals surface area (Å²) >= 11 is 1.36. The summed E-state index contributed by atoms with van der Waals surface area (Å²) < 4.78 is 0. The molecule has 3 aromatic rings. The van der Waals surface area contributed by atoms with Gasteiger partial charge in [-0.25, -0.2) is 4.98 Å². The van der Waals surface area contributed by atoms with Crippen molar-refractivity contribution < 1.29 is 4.79 Å². The zero-order chi connectivity index (χ0) is 17.1. The van der Waals surface area contributed by atoms with Gasteiger partial charge in [0.15, 0.2) is 0 Å². The molecule has 0 unspecified atom stereocenters. The van der Waals surface area contributed by atoms with E-state index in [-0.39, 0.29) is 5.91 Å². The third-order valence-corrected chi connectivity index (χ3v) is 4.88. The number of pyridine rings is 1. The molecule has 4 nitrogen and oxygen atoms in total. The quantitative estimate of drug-likeness (QED) is 0.738. The predicted octanol–water partition coefficient (Wildman–Crippen LogP) is 4.01.